The average molecular weight is 755 g/mol. The van der Waals surface area contributed by atoms with Crippen molar-refractivity contribution < 1.29 is 9.47 Å². The molecule has 3 aromatic rings. The van der Waals surface area contributed by atoms with Gasteiger partial charge in [0, 0.05) is 16.5 Å². The zero-order valence-corrected chi connectivity index (χ0v) is 36.0. The minimum Gasteiger partial charge on any atom is -0.497 e. The van der Waals surface area contributed by atoms with Crippen LogP contribution in [0, 0.1) is 30.7 Å². The van der Waals surface area contributed by atoms with Gasteiger partial charge in [0.25, 0.3) is 0 Å². The molecule has 1 aliphatic carbocycles. The van der Waals surface area contributed by atoms with Crippen molar-refractivity contribution in [2.75, 3.05) is 13.7 Å². The molecule has 0 radical (unpaired) electrons. The van der Waals surface area contributed by atoms with Crippen molar-refractivity contribution >= 4 is 17.3 Å². The first kappa shape index (κ1) is 44.4. The smallest absolute Gasteiger partial charge is 0.198 e. The van der Waals surface area contributed by atoms with Crippen LogP contribution in [-0.4, -0.2) is 13.7 Å². The van der Waals surface area contributed by atoms with Crippen LogP contribution in [0.15, 0.2) is 54.6 Å². The lowest BCUT2D eigenvalue weighted by atomic mass is 9.70. The number of aryl methyl sites for hydroxylation is 1. The predicted molar refractivity (Wildman–Crippen MR) is 239 cm³/mol. The largest absolute Gasteiger partial charge is 0.497 e. The average Bonchev–Trinajstić information content (AvgIpc) is 3.47. The van der Waals surface area contributed by atoms with E-state index in [9.17, 15) is 5.26 Å². The van der Waals surface area contributed by atoms with E-state index in [1.807, 2.05) is 31.2 Å². The highest BCUT2D eigenvalue weighted by Crippen LogP contribution is 2.55. The van der Waals surface area contributed by atoms with Crippen LogP contribution in [-0.2, 0) is 5.41 Å². The summed E-state index contributed by atoms with van der Waals surface area (Å²) < 4.78 is 12.5. The Morgan fingerprint density at radius 1 is 0.768 bits per heavy atom. The highest BCUT2D eigenvalue weighted by Gasteiger charge is 2.42. The Morgan fingerprint density at radius 2 is 1.36 bits per heavy atom. The number of unbranched alkanes of at least 4 members (excludes halogenated alkanes) is 11. The van der Waals surface area contributed by atoms with Gasteiger partial charge in [-0.3, -0.25) is 0 Å². The van der Waals surface area contributed by atoms with Gasteiger partial charge in [-0.2, -0.15) is 5.26 Å². The van der Waals surface area contributed by atoms with E-state index >= 15 is 0 Å². The van der Waals surface area contributed by atoms with E-state index in [2.05, 4.69) is 81.9 Å². The molecule has 300 valence electrons. The Balaban J connectivity index is 1.81. The van der Waals surface area contributed by atoms with Crippen LogP contribution in [0.3, 0.4) is 0 Å². The van der Waals surface area contributed by atoms with Crippen LogP contribution < -0.4 is 9.47 Å². The molecule has 4 rings (SSSR count). The van der Waals surface area contributed by atoms with Gasteiger partial charge in [0.1, 0.15) is 11.5 Å². The monoisotopic (exact) mass is 755 g/mol. The number of hydrogen-bond acceptors (Lipinski definition) is 3. The second-order valence-corrected chi connectivity index (χ2v) is 16.2. The lowest BCUT2D eigenvalue weighted by Gasteiger charge is -2.33. The van der Waals surface area contributed by atoms with Crippen molar-refractivity contribution in [2.24, 2.45) is 5.92 Å². The lowest BCUT2D eigenvalue weighted by molar-refractivity contribution is 0.232. The summed E-state index contributed by atoms with van der Waals surface area (Å²) in [4.78, 5) is 4.12. The number of fused-ring (bicyclic) bond motifs is 3. The van der Waals surface area contributed by atoms with Crippen molar-refractivity contribution in [1.29, 1.82) is 5.26 Å². The van der Waals surface area contributed by atoms with Gasteiger partial charge in [-0.05, 0) is 85.1 Å². The SMILES string of the molecule is [C-]#[N+]/C(=C\c1ccc2c(c1)C(CCCCCCCC)(CCCCCCCC)c1cc(C)ccc1-2)c1cc(OCC(CC)CCCC)c(/C(C#N)=C/C)cc1OC. The minimum absolute atomic E-state index is 0.0392. The standard InChI is InChI=1S/C52H70N2O2/c1-9-14-17-19-21-23-30-52(31-24-22-20-18-15-10-2)47-32-39(6)26-28-43(47)44-29-27-41(33-48(44)52)34-49(54-7)46-36-51(56-38-40(12-4)25-16-11-3)45(35-50(46)55-8)42(13-5)37-53/h13,26-29,32-36,40H,9-12,14-25,30-31,38H2,1-6,8H3/b42-13+,49-34-. The van der Waals surface area contributed by atoms with Gasteiger partial charge in [0.05, 0.1) is 31.9 Å². The summed E-state index contributed by atoms with van der Waals surface area (Å²) in [5.74, 6) is 1.61. The van der Waals surface area contributed by atoms with Gasteiger partial charge in [-0.25, -0.2) is 4.85 Å². The Hall–Kier alpha value is -4.28. The molecular weight excluding hydrogens is 685 g/mol. The zero-order valence-electron chi connectivity index (χ0n) is 36.0. The fourth-order valence-corrected chi connectivity index (χ4v) is 8.77. The molecule has 4 heteroatoms. The quantitative estimate of drug-likeness (QED) is 0.0374. The van der Waals surface area contributed by atoms with Crippen LogP contribution in [0.1, 0.15) is 184 Å². The van der Waals surface area contributed by atoms with Gasteiger partial charge in [-0.15, -0.1) is 0 Å². The molecule has 0 bridgehead atoms. The fourth-order valence-electron chi connectivity index (χ4n) is 8.77. The molecule has 3 aromatic carbocycles. The number of allylic oxidation sites excluding steroid dienone is 2. The van der Waals surface area contributed by atoms with E-state index in [1.54, 1.807) is 7.11 Å². The van der Waals surface area contributed by atoms with E-state index in [4.69, 9.17) is 16.0 Å². The maximum Gasteiger partial charge on any atom is 0.198 e. The van der Waals surface area contributed by atoms with E-state index in [1.165, 1.54) is 105 Å². The second kappa shape index (κ2) is 23.1. The number of hydrogen-bond donors (Lipinski definition) is 0. The molecule has 0 aromatic heterocycles. The maximum atomic E-state index is 10.1. The molecule has 0 saturated carbocycles. The Morgan fingerprint density at radius 3 is 1.93 bits per heavy atom. The summed E-state index contributed by atoms with van der Waals surface area (Å²) in [5.41, 5.74) is 10.4. The summed E-state index contributed by atoms with van der Waals surface area (Å²) in [6.45, 7) is 22.1. The van der Waals surface area contributed by atoms with Gasteiger partial charge in [-0.1, -0.05) is 172 Å². The van der Waals surface area contributed by atoms with Crippen molar-refractivity contribution in [2.45, 2.75) is 163 Å². The molecule has 1 aliphatic rings. The summed E-state index contributed by atoms with van der Waals surface area (Å²) in [6.07, 6.45) is 26.0. The Bertz CT molecular complexity index is 1840. The van der Waals surface area contributed by atoms with Crippen LogP contribution >= 0.6 is 0 Å². The Kier molecular flexibility index (Phi) is 18.3. The fraction of sp³-hybridized carbons (Fsp3) is 0.538. The lowest BCUT2D eigenvalue weighted by Crippen LogP contribution is -2.25. The summed E-state index contributed by atoms with van der Waals surface area (Å²) in [5, 5.41) is 10.1. The van der Waals surface area contributed by atoms with E-state index in [-0.39, 0.29) is 5.41 Å². The zero-order chi connectivity index (χ0) is 40.3. The highest BCUT2D eigenvalue weighted by molar-refractivity contribution is 5.92. The van der Waals surface area contributed by atoms with Crippen molar-refractivity contribution in [3.05, 3.63) is 99.4 Å². The molecule has 56 heavy (non-hydrogen) atoms. The number of methoxy groups -OCH3 is 1. The molecule has 0 fully saturated rings. The molecule has 0 N–H and O–H groups in total. The van der Waals surface area contributed by atoms with Crippen LogP contribution in [0.2, 0.25) is 0 Å². The van der Waals surface area contributed by atoms with Gasteiger partial charge >= 0.3 is 0 Å². The second-order valence-electron chi connectivity index (χ2n) is 16.2. The number of nitriles is 1. The molecule has 0 heterocycles. The maximum absolute atomic E-state index is 10.1. The Labute approximate surface area is 341 Å². The summed E-state index contributed by atoms with van der Waals surface area (Å²) >= 11 is 0. The van der Waals surface area contributed by atoms with Crippen molar-refractivity contribution in [3.8, 4) is 28.7 Å². The third-order valence-corrected chi connectivity index (χ3v) is 12.2. The van der Waals surface area contributed by atoms with Crippen LogP contribution in [0.25, 0.3) is 33.3 Å². The van der Waals surface area contributed by atoms with Gasteiger partial charge in [0.2, 0.25) is 0 Å². The molecule has 1 atom stereocenters. The molecule has 1 unspecified atom stereocenters. The normalized spacial score (nSPS) is 13.8. The minimum atomic E-state index is -0.0392. The number of rotatable bonds is 25. The van der Waals surface area contributed by atoms with Crippen molar-refractivity contribution in [3.63, 3.8) is 0 Å². The molecule has 0 spiro atoms. The van der Waals surface area contributed by atoms with E-state index in [0.717, 1.165) is 44.1 Å². The molecule has 0 saturated heterocycles. The molecule has 0 aliphatic heterocycles. The third kappa shape index (κ3) is 11.2. The first-order valence-electron chi connectivity index (χ1n) is 22.1. The van der Waals surface area contributed by atoms with Gasteiger partial charge < -0.3 is 9.47 Å². The highest BCUT2D eigenvalue weighted by atomic mass is 16.5. The van der Waals surface area contributed by atoms with Crippen LogP contribution in [0.5, 0.6) is 11.5 Å². The number of ether oxygens (including phenoxy) is 2. The van der Waals surface area contributed by atoms with Crippen molar-refractivity contribution in [1.82, 2.24) is 0 Å². The first-order valence-corrected chi connectivity index (χ1v) is 22.1. The topological polar surface area (TPSA) is 46.6 Å². The molecular formula is C52H70N2O2. The summed E-state index contributed by atoms with van der Waals surface area (Å²) in [6, 6.07) is 20.1. The van der Waals surface area contributed by atoms with Gasteiger partial charge in [0.15, 0.2) is 5.70 Å². The summed E-state index contributed by atoms with van der Waals surface area (Å²) in [7, 11) is 1.64. The number of nitrogens with zero attached hydrogens (tertiary/aromatic N) is 2. The molecule has 0 amide bonds. The molecule has 4 nitrogen and oxygen atoms in total. The third-order valence-electron chi connectivity index (χ3n) is 12.2. The first-order chi connectivity index (χ1) is 27.3. The van der Waals surface area contributed by atoms with E-state index < -0.39 is 0 Å². The predicted octanol–water partition coefficient (Wildman–Crippen LogP) is 15.7. The number of benzene rings is 3. The van der Waals surface area contributed by atoms with E-state index in [0.29, 0.717) is 46.4 Å². The van der Waals surface area contributed by atoms with Crippen LogP contribution in [0.4, 0.5) is 0 Å².